The van der Waals surface area contributed by atoms with Gasteiger partial charge in [-0.05, 0) is 33.6 Å². The van der Waals surface area contributed by atoms with Crippen molar-refractivity contribution < 1.29 is 4.90 Å². The second kappa shape index (κ2) is 2.73. The summed E-state index contributed by atoms with van der Waals surface area (Å²) >= 11 is 0. The lowest BCUT2D eigenvalue weighted by atomic mass is 9.75. The Morgan fingerprint density at radius 1 is 1.00 bits per heavy atom. The van der Waals surface area contributed by atoms with Crippen molar-refractivity contribution in [3.8, 4) is 0 Å². The van der Waals surface area contributed by atoms with E-state index in [1.807, 2.05) is 0 Å². The van der Waals surface area contributed by atoms with Gasteiger partial charge in [-0.15, -0.1) is 0 Å². The highest BCUT2D eigenvalue weighted by Crippen LogP contribution is 2.27. The van der Waals surface area contributed by atoms with E-state index in [4.69, 9.17) is 0 Å². The van der Waals surface area contributed by atoms with Crippen LogP contribution in [0.25, 0.3) is 0 Å². The Kier molecular flexibility index (Phi) is 2.28. The summed E-state index contributed by atoms with van der Waals surface area (Å²) in [6.07, 6.45) is 2.73. The molecule has 1 saturated heterocycles. The van der Waals surface area contributed by atoms with Crippen molar-refractivity contribution in [1.82, 2.24) is 0 Å². The van der Waals surface area contributed by atoms with E-state index < -0.39 is 0 Å². The van der Waals surface area contributed by atoms with Crippen molar-refractivity contribution in [3.05, 3.63) is 0 Å². The monoisotopic (exact) mass is 170 g/mol. The highest BCUT2D eigenvalue weighted by Gasteiger charge is 2.45. The average Bonchev–Trinajstić information content (AvgIpc) is 1.80. The molecule has 0 saturated carbocycles. The maximum absolute atomic E-state index is 2.39. The first-order valence-electron chi connectivity index (χ1n) is 5.10. The number of rotatable bonds is 0. The number of quaternary nitrogens is 1. The molecular formula is C11H24N+. The summed E-state index contributed by atoms with van der Waals surface area (Å²) in [5.41, 5.74) is 0.919. The van der Waals surface area contributed by atoms with Gasteiger partial charge in [-0.2, -0.15) is 0 Å². The predicted molar refractivity (Wildman–Crippen MR) is 53.4 cm³/mol. The fourth-order valence-electron chi connectivity index (χ4n) is 3.04. The second-order valence-electron chi connectivity index (χ2n) is 5.91. The molecule has 0 unspecified atom stereocenters. The van der Waals surface area contributed by atoms with Crippen LogP contribution in [0.15, 0.2) is 0 Å². The molecule has 0 aromatic heterocycles. The largest absolute Gasteiger partial charge is 0.329 e. The molecule has 1 N–H and O–H groups in total. The minimum Gasteiger partial charge on any atom is -0.329 e. The number of nitrogens with one attached hydrogen (secondary N) is 1. The molecule has 0 atom stereocenters. The van der Waals surface area contributed by atoms with E-state index in [-0.39, 0.29) is 0 Å². The van der Waals surface area contributed by atoms with E-state index in [2.05, 4.69) is 41.7 Å². The third-order valence-corrected chi connectivity index (χ3v) is 3.75. The summed E-state index contributed by atoms with van der Waals surface area (Å²) in [7, 11) is 2.34. The van der Waals surface area contributed by atoms with Crippen LogP contribution in [-0.4, -0.2) is 18.1 Å². The Morgan fingerprint density at radius 2 is 1.33 bits per heavy atom. The zero-order valence-electron chi connectivity index (χ0n) is 9.49. The van der Waals surface area contributed by atoms with Gasteiger partial charge in [0.2, 0.25) is 0 Å². The molecule has 0 aliphatic carbocycles. The maximum atomic E-state index is 2.39. The van der Waals surface area contributed by atoms with Gasteiger partial charge in [0.1, 0.15) is 0 Å². The van der Waals surface area contributed by atoms with Crippen molar-refractivity contribution in [2.24, 2.45) is 5.92 Å². The molecule has 0 spiro atoms. The smallest absolute Gasteiger partial charge is 0.0924 e. The molecule has 1 fully saturated rings. The molecule has 0 amide bonds. The molecule has 72 valence electrons. The number of hydrogen-bond acceptors (Lipinski definition) is 0. The third kappa shape index (κ3) is 1.66. The summed E-state index contributed by atoms with van der Waals surface area (Å²) in [6, 6.07) is 0. The van der Waals surface area contributed by atoms with Crippen LogP contribution in [0, 0.1) is 5.92 Å². The van der Waals surface area contributed by atoms with Crippen LogP contribution in [0.1, 0.15) is 47.5 Å². The Morgan fingerprint density at radius 3 is 1.67 bits per heavy atom. The van der Waals surface area contributed by atoms with Crippen LogP contribution in [0.4, 0.5) is 0 Å². The van der Waals surface area contributed by atoms with Gasteiger partial charge in [0.15, 0.2) is 0 Å². The van der Waals surface area contributed by atoms with Gasteiger partial charge >= 0.3 is 0 Å². The topological polar surface area (TPSA) is 4.44 Å². The lowest BCUT2D eigenvalue weighted by molar-refractivity contribution is -0.983. The molecule has 0 aromatic carbocycles. The number of hydrogen-bond donors (Lipinski definition) is 1. The van der Waals surface area contributed by atoms with E-state index >= 15 is 0 Å². The molecular weight excluding hydrogens is 146 g/mol. The Hall–Kier alpha value is -0.0400. The van der Waals surface area contributed by atoms with Gasteiger partial charge in [0.05, 0.1) is 18.1 Å². The molecule has 1 nitrogen and oxygen atoms in total. The summed E-state index contributed by atoms with van der Waals surface area (Å²) in [5.74, 6) is 0.888. The second-order valence-corrected chi connectivity index (χ2v) is 5.91. The molecule has 1 aliphatic heterocycles. The van der Waals surface area contributed by atoms with Crippen molar-refractivity contribution >= 4 is 0 Å². The first-order chi connectivity index (χ1) is 5.26. The first-order valence-corrected chi connectivity index (χ1v) is 5.10. The maximum Gasteiger partial charge on any atom is 0.0924 e. The quantitative estimate of drug-likeness (QED) is 0.562. The van der Waals surface area contributed by atoms with Gasteiger partial charge in [-0.25, -0.2) is 0 Å². The van der Waals surface area contributed by atoms with E-state index in [0.29, 0.717) is 11.1 Å². The van der Waals surface area contributed by atoms with E-state index in [1.165, 1.54) is 12.8 Å². The van der Waals surface area contributed by atoms with Gasteiger partial charge in [0.25, 0.3) is 0 Å². The highest BCUT2D eigenvalue weighted by atomic mass is 15.2. The zero-order valence-corrected chi connectivity index (χ0v) is 9.49. The lowest BCUT2D eigenvalue weighted by Crippen LogP contribution is -3.24. The minimum absolute atomic E-state index is 0.459. The molecule has 0 bridgehead atoms. The molecule has 1 aliphatic rings. The fourth-order valence-corrected chi connectivity index (χ4v) is 3.04. The summed E-state index contributed by atoms with van der Waals surface area (Å²) in [4.78, 5) is 1.69. The van der Waals surface area contributed by atoms with Crippen LogP contribution < -0.4 is 4.90 Å². The summed E-state index contributed by atoms with van der Waals surface area (Å²) < 4.78 is 0. The van der Waals surface area contributed by atoms with Gasteiger partial charge in [-0.1, -0.05) is 6.92 Å². The summed E-state index contributed by atoms with van der Waals surface area (Å²) in [5, 5.41) is 0. The standard InChI is InChI=1S/C11H23N/c1-9-7-10(2,3)12(6)11(4,5)8-9/h9H,7-8H2,1-6H3/p+1. The number of piperidine rings is 1. The summed E-state index contributed by atoms with van der Waals surface area (Å²) in [6.45, 7) is 11.9. The molecule has 1 heteroatoms. The van der Waals surface area contributed by atoms with Gasteiger partial charge < -0.3 is 4.90 Å². The first kappa shape index (κ1) is 10.0. The van der Waals surface area contributed by atoms with Crippen LogP contribution in [0.2, 0.25) is 0 Å². The van der Waals surface area contributed by atoms with Gasteiger partial charge in [-0.3, -0.25) is 0 Å². The van der Waals surface area contributed by atoms with Gasteiger partial charge in [0, 0.05) is 12.8 Å². The Labute approximate surface area is 77.1 Å². The molecule has 1 rings (SSSR count). The van der Waals surface area contributed by atoms with Crippen molar-refractivity contribution in [2.45, 2.75) is 58.5 Å². The molecule has 0 radical (unpaired) electrons. The van der Waals surface area contributed by atoms with E-state index in [9.17, 15) is 0 Å². The zero-order chi connectivity index (χ0) is 9.57. The predicted octanol–water partition coefficient (Wildman–Crippen LogP) is 1.49. The van der Waals surface area contributed by atoms with Crippen molar-refractivity contribution in [1.29, 1.82) is 0 Å². The highest BCUT2D eigenvalue weighted by molar-refractivity contribution is 4.83. The van der Waals surface area contributed by atoms with Crippen molar-refractivity contribution in [2.75, 3.05) is 7.05 Å². The van der Waals surface area contributed by atoms with Crippen LogP contribution in [0.5, 0.6) is 0 Å². The minimum atomic E-state index is 0.459. The normalized spacial score (nSPS) is 39.5. The SMILES string of the molecule is CC1CC(C)(C)[NH+](C)C(C)(C)C1. The van der Waals surface area contributed by atoms with Crippen LogP contribution in [0.3, 0.4) is 0 Å². The lowest BCUT2D eigenvalue weighted by Gasteiger charge is -2.49. The molecule has 1 heterocycles. The van der Waals surface area contributed by atoms with Crippen LogP contribution in [-0.2, 0) is 0 Å². The number of likely N-dealkylation sites (tertiary alicyclic amines) is 1. The van der Waals surface area contributed by atoms with Crippen LogP contribution >= 0.6 is 0 Å². The average molecular weight is 170 g/mol. The van der Waals surface area contributed by atoms with E-state index in [1.54, 1.807) is 4.90 Å². The van der Waals surface area contributed by atoms with E-state index in [0.717, 1.165) is 5.92 Å². The van der Waals surface area contributed by atoms with Crippen molar-refractivity contribution in [3.63, 3.8) is 0 Å². The fraction of sp³-hybridized carbons (Fsp3) is 1.00. The molecule has 12 heavy (non-hydrogen) atoms. The molecule has 0 aromatic rings. The Bertz CT molecular complexity index is 152. The Balaban J connectivity index is 2.84. The third-order valence-electron chi connectivity index (χ3n) is 3.75.